The number of aromatic nitrogens is 1. The average Bonchev–Trinajstić information content (AvgIpc) is 2.26. The number of rotatable bonds is 4. The van der Waals surface area contributed by atoms with E-state index >= 15 is 0 Å². The second-order valence-electron chi connectivity index (χ2n) is 3.71. The van der Waals surface area contributed by atoms with Crippen molar-refractivity contribution in [2.24, 2.45) is 11.7 Å². The van der Waals surface area contributed by atoms with E-state index in [1.54, 1.807) is 26.5 Å². The Morgan fingerprint density at radius 1 is 1.27 bits per heavy atom. The van der Waals surface area contributed by atoms with E-state index in [1.165, 1.54) is 0 Å². The fraction of sp³-hybridized carbons (Fsp3) is 0.545. The van der Waals surface area contributed by atoms with Crippen molar-refractivity contribution in [2.45, 2.75) is 19.9 Å². The molecule has 0 radical (unpaired) electrons. The van der Waals surface area contributed by atoms with Gasteiger partial charge in [-0.3, -0.25) is 0 Å². The van der Waals surface area contributed by atoms with Crippen LogP contribution in [0.1, 0.15) is 25.5 Å². The summed E-state index contributed by atoms with van der Waals surface area (Å²) in [5.74, 6) is 1.57. The molecular formula is C11H18N2O2. The maximum Gasteiger partial charge on any atom is 0.221 e. The van der Waals surface area contributed by atoms with Crippen molar-refractivity contribution in [1.29, 1.82) is 0 Å². The minimum absolute atomic E-state index is 0.136. The number of methoxy groups -OCH3 is 2. The van der Waals surface area contributed by atoms with E-state index in [2.05, 4.69) is 18.8 Å². The largest absolute Gasteiger partial charge is 0.496 e. The highest BCUT2D eigenvalue weighted by atomic mass is 16.5. The van der Waals surface area contributed by atoms with Crippen LogP contribution in [-0.4, -0.2) is 19.2 Å². The van der Waals surface area contributed by atoms with E-state index in [0.29, 0.717) is 11.8 Å². The molecule has 4 heteroatoms. The highest BCUT2D eigenvalue weighted by Gasteiger charge is 2.20. The first-order chi connectivity index (χ1) is 7.11. The molecule has 1 atom stereocenters. The topological polar surface area (TPSA) is 57.4 Å². The van der Waals surface area contributed by atoms with Crippen LogP contribution in [0.15, 0.2) is 12.3 Å². The average molecular weight is 210 g/mol. The number of pyridine rings is 1. The number of hydrogen-bond acceptors (Lipinski definition) is 4. The molecule has 0 aromatic carbocycles. The normalized spacial score (nSPS) is 12.7. The summed E-state index contributed by atoms with van der Waals surface area (Å²) in [7, 11) is 3.20. The molecular weight excluding hydrogens is 192 g/mol. The molecule has 0 aliphatic heterocycles. The smallest absolute Gasteiger partial charge is 0.221 e. The molecule has 1 aromatic rings. The van der Waals surface area contributed by atoms with Crippen LogP contribution in [0.5, 0.6) is 11.6 Å². The standard InChI is InChI=1S/C11H18N2O2/c1-7(2)10(12)9-8(14-3)5-6-13-11(9)15-4/h5-7,10H,12H2,1-4H3. The van der Waals surface area contributed by atoms with E-state index < -0.39 is 0 Å². The second-order valence-corrected chi connectivity index (χ2v) is 3.71. The molecule has 0 aliphatic carbocycles. The van der Waals surface area contributed by atoms with Crippen LogP contribution in [0.4, 0.5) is 0 Å². The van der Waals surface area contributed by atoms with Gasteiger partial charge in [0.05, 0.1) is 19.8 Å². The zero-order valence-corrected chi connectivity index (χ0v) is 9.65. The van der Waals surface area contributed by atoms with Crippen LogP contribution in [0, 0.1) is 5.92 Å². The molecule has 0 spiro atoms. The van der Waals surface area contributed by atoms with Crippen LogP contribution in [0.25, 0.3) is 0 Å². The second kappa shape index (κ2) is 4.98. The van der Waals surface area contributed by atoms with Gasteiger partial charge < -0.3 is 15.2 Å². The Hall–Kier alpha value is -1.29. The summed E-state index contributed by atoms with van der Waals surface area (Å²) >= 11 is 0. The predicted molar refractivity (Wildman–Crippen MR) is 59.1 cm³/mol. The van der Waals surface area contributed by atoms with Crippen molar-refractivity contribution in [1.82, 2.24) is 4.98 Å². The van der Waals surface area contributed by atoms with E-state index in [9.17, 15) is 0 Å². The van der Waals surface area contributed by atoms with Crippen molar-refractivity contribution in [2.75, 3.05) is 14.2 Å². The highest BCUT2D eigenvalue weighted by molar-refractivity contribution is 5.42. The molecule has 0 saturated carbocycles. The van der Waals surface area contributed by atoms with Crippen molar-refractivity contribution < 1.29 is 9.47 Å². The van der Waals surface area contributed by atoms with Crippen molar-refractivity contribution in [3.63, 3.8) is 0 Å². The SMILES string of the molecule is COc1ccnc(OC)c1C(N)C(C)C. The summed E-state index contributed by atoms with van der Waals surface area (Å²) in [5, 5.41) is 0. The van der Waals surface area contributed by atoms with E-state index in [4.69, 9.17) is 15.2 Å². The van der Waals surface area contributed by atoms with Crippen LogP contribution >= 0.6 is 0 Å². The number of nitrogens with zero attached hydrogens (tertiary/aromatic N) is 1. The minimum Gasteiger partial charge on any atom is -0.496 e. The zero-order valence-electron chi connectivity index (χ0n) is 9.65. The summed E-state index contributed by atoms with van der Waals surface area (Å²) in [4.78, 5) is 4.13. The van der Waals surface area contributed by atoms with Gasteiger partial charge in [0.1, 0.15) is 5.75 Å². The Balaban J connectivity index is 3.21. The highest BCUT2D eigenvalue weighted by Crippen LogP contribution is 2.34. The van der Waals surface area contributed by atoms with Crippen molar-refractivity contribution >= 4 is 0 Å². The summed E-state index contributed by atoms with van der Waals surface area (Å²) in [5.41, 5.74) is 6.92. The summed E-state index contributed by atoms with van der Waals surface area (Å²) in [6.07, 6.45) is 1.65. The fourth-order valence-corrected chi connectivity index (χ4v) is 1.42. The molecule has 84 valence electrons. The third-order valence-electron chi connectivity index (χ3n) is 2.38. The van der Waals surface area contributed by atoms with Gasteiger partial charge in [-0.05, 0) is 12.0 Å². The molecule has 1 rings (SSSR count). The minimum atomic E-state index is -0.136. The van der Waals surface area contributed by atoms with Crippen molar-refractivity contribution in [3.8, 4) is 11.6 Å². The van der Waals surface area contributed by atoms with Gasteiger partial charge in [-0.25, -0.2) is 4.98 Å². The molecule has 4 nitrogen and oxygen atoms in total. The Morgan fingerprint density at radius 3 is 2.40 bits per heavy atom. The number of nitrogens with two attached hydrogens (primary N) is 1. The van der Waals surface area contributed by atoms with Gasteiger partial charge >= 0.3 is 0 Å². The van der Waals surface area contributed by atoms with Gasteiger partial charge in [0.2, 0.25) is 5.88 Å². The molecule has 1 heterocycles. The monoisotopic (exact) mass is 210 g/mol. The quantitative estimate of drug-likeness (QED) is 0.822. The Labute approximate surface area is 90.4 Å². The van der Waals surface area contributed by atoms with Gasteiger partial charge in [-0.15, -0.1) is 0 Å². The Kier molecular flexibility index (Phi) is 3.91. The summed E-state index contributed by atoms with van der Waals surface area (Å²) < 4.78 is 10.4. The van der Waals surface area contributed by atoms with Crippen LogP contribution in [-0.2, 0) is 0 Å². The fourth-order valence-electron chi connectivity index (χ4n) is 1.42. The molecule has 1 aromatic heterocycles. The number of hydrogen-bond donors (Lipinski definition) is 1. The summed E-state index contributed by atoms with van der Waals surface area (Å²) in [6, 6.07) is 1.66. The molecule has 15 heavy (non-hydrogen) atoms. The van der Waals surface area contributed by atoms with E-state index in [-0.39, 0.29) is 6.04 Å². The maximum absolute atomic E-state index is 6.09. The van der Waals surface area contributed by atoms with E-state index in [1.807, 2.05) is 0 Å². The molecule has 0 amide bonds. The lowest BCUT2D eigenvalue weighted by Gasteiger charge is -2.20. The van der Waals surface area contributed by atoms with Gasteiger partial charge in [0, 0.05) is 12.2 Å². The molecule has 1 unspecified atom stereocenters. The van der Waals surface area contributed by atoms with Crippen LogP contribution < -0.4 is 15.2 Å². The lowest BCUT2D eigenvalue weighted by atomic mass is 9.97. The summed E-state index contributed by atoms with van der Waals surface area (Å²) in [6.45, 7) is 4.10. The lowest BCUT2D eigenvalue weighted by molar-refractivity contribution is 0.356. The third-order valence-corrected chi connectivity index (χ3v) is 2.38. The molecule has 0 aliphatic rings. The van der Waals surface area contributed by atoms with Crippen LogP contribution in [0.3, 0.4) is 0 Å². The Bertz CT molecular complexity index is 304. The molecule has 0 bridgehead atoms. The third kappa shape index (κ3) is 2.39. The molecule has 2 N–H and O–H groups in total. The molecule has 0 fully saturated rings. The van der Waals surface area contributed by atoms with Gasteiger partial charge in [0.25, 0.3) is 0 Å². The maximum atomic E-state index is 6.09. The van der Waals surface area contributed by atoms with Gasteiger partial charge in [-0.1, -0.05) is 13.8 Å². The zero-order chi connectivity index (χ0) is 11.4. The van der Waals surface area contributed by atoms with Crippen molar-refractivity contribution in [3.05, 3.63) is 17.8 Å². The van der Waals surface area contributed by atoms with Crippen LogP contribution in [0.2, 0.25) is 0 Å². The molecule has 0 saturated heterocycles. The first-order valence-electron chi connectivity index (χ1n) is 4.94. The Morgan fingerprint density at radius 2 is 1.93 bits per heavy atom. The predicted octanol–water partition coefficient (Wildman–Crippen LogP) is 1.75. The van der Waals surface area contributed by atoms with E-state index in [0.717, 1.165) is 11.3 Å². The lowest BCUT2D eigenvalue weighted by Crippen LogP contribution is -2.19. The number of ether oxygens (including phenoxy) is 2. The van der Waals surface area contributed by atoms with Gasteiger partial charge in [-0.2, -0.15) is 0 Å². The first kappa shape index (κ1) is 11.8. The first-order valence-corrected chi connectivity index (χ1v) is 4.94. The van der Waals surface area contributed by atoms with Gasteiger partial charge in [0.15, 0.2) is 0 Å².